The molecule has 9 unspecified atom stereocenters. The number of allylic oxidation sites excluding steroid dienone is 10. The Balaban J connectivity index is 1.05. The third-order valence-corrected chi connectivity index (χ3v) is 15.8. The lowest BCUT2D eigenvalue weighted by Gasteiger charge is -2.61. The number of carbonyl (C=O) groups is 2. The van der Waals surface area contributed by atoms with Gasteiger partial charge in [-0.15, -0.1) is 0 Å². The van der Waals surface area contributed by atoms with Gasteiger partial charge in [0.15, 0.2) is 0 Å². The van der Waals surface area contributed by atoms with Crippen LogP contribution in [0.5, 0.6) is 0 Å². The van der Waals surface area contributed by atoms with Crippen LogP contribution in [0.2, 0.25) is 0 Å². The predicted molar refractivity (Wildman–Crippen MR) is 240 cm³/mol. The molecule has 328 valence electrons. The summed E-state index contributed by atoms with van der Waals surface area (Å²) in [5.74, 6) is 3.39. The van der Waals surface area contributed by atoms with Gasteiger partial charge in [-0.05, 0) is 162 Å². The summed E-state index contributed by atoms with van der Waals surface area (Å²) >= 11 is 0. The molecule has 7 nitrogen and oxygen atoms in total. The summed E-state index contributed by atoms with van der Waals surface area (Å²) in [5.41, 5.74) is 0.651. The van der Waals surface area contributed by atoms with Gasteiger partial charge in [0.1, 0.15) is 6.10 Å². The minimum absolute atomic E-state index is 0.0104. The van der Waals surface area contributed by atoms with Crippen LogP contribution < -0.4 is 5.32 Å². The number of amides is 1. The summed E-state index contributed by atoms with van der Waals surface area (Å²) in [6.45, 7) is 9.55. The molecule has 0 heterocycles. The maximum Gasteiger partial charge on any atom is 0.306 e. The molecule has 0 bridgehead atoms. The molecular formula is C50H81NO6S. The Hall–Kier alpha value is -2.45. The van der Waals surface area contributed by atoms with Crippen LogP contribution in [0.15, 0.2) is 60.8 Å². The average molecular weight is 824 g/mol. The van der Waals surface area contributed by atoms with Crippen molar-refractivity contribution in [2.45, 2.75) is 181 Å². The second-order valence-electron chi connectivity index (χ2n) is 18.9. The van der Waals surface area contributed by atoms with E-state index in [9.17, 15) is 18.0 Å². The molecule has 0 saturated heterocycles. The van der Waals surface area contributed by atoms with E-state index in [4.69, 9.17) is 9.29 Å². The van der Waals surface area contributed by atoms with Crippen molar-refractivity contribution >= 4 is 22.0 Å². The number of carbonyl (C=O) groups excluding carboxylic acids is 2. The molecule has 4 rings (SSSR count). The Morgan fingerprint density at radius 1 is 0.741 bits per heavy atom. The van der Waals surface area contributed by atoms with Crippen molar-refractivity contribution in [2.75, 3.05) is 12.3 Å². The van der Waals surface area contributed by atoms with Crippen LogP contribution in [-0.2, 0) is 24.4 Å². The van der Waals surface area contributed by atoms with Crippen molar-refractivity contribution in [3.63, 3.8) is 0 Å². The quantitative estimate of drug-likeness (QED) is 0.0411. The predicted octanol–water partition coefficient (Wildman–Crippen LogP) is 12.5. The second kappa shape index (κ2) is 24.7. The van der Waals surface area contributed by atoms with Crippen LogP contribution in [0.25, 0.3) is 0 Å². The molecule has 58 heavy (non-hydrogen) atoms. The molecule has 9 atom stereocenters. The monoisotopic (exact) mass is 824 g/mol. The van der Waals surface area contributed by atoms with Crippen molar-refractivity contribution in [3.05, 3.63) is 60.8 Å². The largest absolute Gasteiger partial charge is 0.462 e. The molecule has 4 saturated carbocycles. The van der Waals surface area contributed by atoms with E-state index in [0.717, 1.165) is 88.4 Å². The molecule has 0 radical (unpaired) electrons. The average Bonchev–Trinajstić information content (AvgIpc) is 3.54. The lowest BCUT2D eigenvalue weighted by Crippen LogP contribution is -2.54. The van der Waals surface area contributed by atoms with E-state index >= 15 is 0 Å². The van der Waals surface area contributed by atoms with E-state index in [1.165, 1.54) is 64.2 Å². The number of fused-ring (bicyclic) bond motifs is 5. The van der Waals surface area contributed by atoms with Crippen LogP contribution in [0.3, 0.4) is 0 Å². The Kier molecular flexibility index (Phi) is 20.6. The van der Waals surface area contributed by atoms with Gasteiger partial charge >= 0.3 is 5.97 Å². The van der Waals surface area contributed by atoms with E-state index in [1.807, 2.05) is 0 Å². The number of rotatable bonds is 25. The van der Waals surface area contributed by atoms with Crippen LogP contribution in [0.1, 0.15) is 175 Å². The fourth-order valence-electron chi connectivity index (χ4n) is 11.9. The molecule has 1 amide bonds. The summed E-state index contributed by atoms with van der Waals surface area (Å²) in [6.07, 6.45) is 47.1. The number of ether oxygens (including phenoxy) is 1. The summed E-state index contributed by atoms with van der Waals surface area (Å²) in [4.78, 5) is 25.3. The third kappa shape index (κ3) is 15.2. The zero-order valence-corrected chi connectivity index (χ0v) is 37.7. The zero-order valence-electron chi connectivity index (χ0n) is 36.9. The van der Waals surface area contributed by atoms with E-state index in [-0.39, 0.29) is 24.5 Å². The fraction of sp³-hybridized carbons (Fsp3) is 0.760. The van der Waals surface area contributed by atoms with Crippen molar-refractivity contribution in [1.29, 1.82) is 0 Å². The smallest absolute Gasteiger partial charge is 0.306 e. The highest BCUT2D eigenvalue weighted by Gasteiger charge is 2.60. The second-order valence-corrected chi connectivity index (χ2v) is 20.5. The lowest BCUT2D eigenvalue weighted by atomic mass is 9.44. The van der Waals surface area contributed by atoms with Gasteiger partial charge in [-0.1, -0.05) is 108 Å². The van der Waals surface area contributed by atoms with Crippen LogP contribution in [0, 0.1) is 46.3 Å². The number of hydrogen-bond acceptors (Lipinski definition) is 5. The maximum atomic E-state index is 12.9. The number of unbranched alkanes of at least 4 members (excludes halogenated alkanes) is 5. The van der Waals surface area contributed by atoms with E-state index in [1.54, 1.807) is 0 Å². The lowest BCUT2D eigenvalue weighted by molar-refractivity contribution is -0.162. The third-order valence-electron chi connectivity index (χ3n) is 15.1. The van der Waals surface area contributed by atoms with Crippen molar-refractivity contribution in [2.24, 2.45) is 46.3 Å². The van der Waals surface area contributed by atoms with E-state index < -0.39 is 15.9 Å². The normalized spacial score (nSPS) is 30.6. The Morgan fingerprint density at radius 3 is 2.02 bits per heavy atom. The zero-order chi connectivity index (χ0) is 41.9. The van der Waals surface area contributed by atoms with E-state index in [0.29, 0.717) is 41.4 Å². The summed E-state index contributed by atoms with van der Waals surface area (Å²) in [6, 6.07) is 0. The van der Waals surface area contributed by atoms with Gasteiger partial charge in [0.05, 0.1) is 5.75 Å². The first-order valence-corrected chi connectivity index (χ1v) is 25.1. The molecule has 8 heteroatoms. The van der Waals surface area contributed by atoms with Gasteiger partial charge in [-0.2, -0.15) is 8.42 Å². The first-order chi connectivity index (χ1) is 27.9. The van der Waals surface area contributed by atoms with Crippen molar-refractivity contribution in [3.8, 4) is 0 Å². The Morgan fingerprint density at radius 2 is 1.34 bits per heavy atom. The molecule has 0 aromatic carbocycles. The van der Waals surface area contributed by atoms with Gasteiger partial charge in [-0.3, -0.25) is 14.1 Å². The molecule has 0 aromatic heterocycles. The topological polar surface area (TPSA) is 110 Å². The minimum Gasteiger partial charge on any atom is -0.462 e. The highest BCUT2D eigenvalue weighted by atomic mass is 32.2. The van der Waals surface area contributed by atoms with E-state index in [2.05, 4.69) is 93.8 Å². The van der Waals surface area contributed by atoms with Gasteiger partial charge in [0, 0.05) is 19.4 Å². The summed E-state index contributed by atoms with van der Waals surface area (Å²) in [7, 11) is -4.07. The number of nitrogens with one attached hydrogen (secondary N) is 1. The van der Waals surface area contributed by atoms with Gasteiger partial charge in [-0.25, -0.2) is 0 Å². The molecule has 0 aromatic rings. The summed E-state index contributed by atoms with van der Waals surface area (Å²) in [5, 5.41) is 2.65. The molecule has 0 aliphatic heterocycles. The van der Waals surface area contributed by atoms with Gasteiger partial charge in [0.2, 0.25) is 5.91 Å². The van der Waals surface area contributed by atoms with Gasteiger partial charge in [0.25, 0.3) is 10.1 Å². The van der Waals surface area contributed by atoms with Crippen molar-refractivity contribution in [1.82, 2.24) is 5.32 Å². The highest BCUT2D eigenvalue weighted by molar-refractivity contribution is 7.85. The molecule has 4 aliphatic rings. The number of esters is 1. The van der Waals surface area contributed by atoms with Crippen LogP contribution in [0.4, 0.5) is 0 Å². The maximum absolute atomic E-state index is 12.9. The van der Waals surface area contributed by atoms with Gasteiger partial charge < -0.3 is 10.1 Å². The first-order valence-electron chi connectivity index (χ1n) is 23.5. The molecule has 2 N–H and O–H groups in total. The number of hydrogen-bond donors (Lipinski definition) is 2. The fourth-order valence-corrected chi connectivity index (χ4v) is 12.3. The van der Waals surface area contributed by atoms with Crippen LogP contribution >= 0.6 is 0 Å². The SMILES string of the molecule is CC/C=C\C/C=C\C/C=C\C/C=C\C/C=C\CCCCCCCC(=O)OC1CCC2(C)C(CCC3C2CCC2(C)C(C(C)CCC(=O)NCCS(=O)(=O)O)CCC32)C1. The minimum atomic E-state index is -4.07. The molecular weight excluding hydrogens is 743 g/mol. The molecule has 0 spiro atoms. The standard InChI is InChI=1S/C50H81NO6S/c1-5-6-7-8-9-10-11-12-13-14-15-16-17-18-19-20-21-22-23-24-25-26-48(53)57-42-33-35-49(3)41(39-42)28-29-43-45-31-30-44(50(45,4)36-34-46(43)49)40(2)27-32-47(52)51-37-38-58(54,55)56/h6-7,9-10,12-13,15-16,18-19,40-46H,5,8,11,14,17,20-39H2,1-4H3,(H,51,52)(H,54,55,56)/b7-6-,10-9-,13-12-,16-15-,19-18-. The summed E-state index contributed by atoms with van der Waals surface area (Å²) < 4.78 is 37.1. The van der Waals surface area contributed by atoms with Crippen LogP contribution in [-0.4, -0.2) is 43.2 Å². The Bertz CT molecular complexity index is 1510. The van der Waals surface area contributed by atoms with Crippen molar-refractivity contribution < 1.29 is 27.3 Å². The molecule has 4 aliphatic carbocycles. The molecule has 4 fully saturated rings. The highest BCUT2D eigenvalue weighted by Crippen LogP contribution is 2.68. The Labute approximate surface area is 354 Å². The first kappa shape index (κ1) is 48.2.